The number of aliphatic hydroxyl groups is 1. The van der Waals surface area contributed by atoms with Crippen LogP contribution in [0.25, 0.3) is 0 Å². The maximum absolute atomic E-state index is 10.5. The molecule has 0 bridgehead atoms. The summed E-state index contributed by atoms with van der Waals surface area (Å²) in [5.41, 5.74) is -0.0843. The van der Waals surface area contributed by atoms with Crippen LogP contribution in [0.3, 0.4) is 0 Å². The van der Waals surface area contributed by atoms with Gasteiger partial charge in [0.25, 0.3) is 0 Å². The second kappa shape index (κ2) is 7.51. The summed E-state index contributed by atoms with van der Waals surface area (Å²) in [6.07, 6.45) is 8.50. The molecule has 0 aliphatic rings. The molecule has 19 heavy (non-hydrogen) atoms. The van der Waals surface area contributed by atoms with E-state index in [4.69, 9.17) is 6.42 Å². The first kappa shape index (κ1) is 15.1. The van der Waals surface area contributed by atoms with E-state index in [9.17, 15) is 15.2 Å². The van der Waals surface area contributed by atoms with Crippen molar-refractivity contribution in [2.45, 2.75) is 38.5 Å². The molecule has 104 valence electrons. The molecule has 0 saturated carbocycles. The van der Waals surface area contributed by atoms with Crippen LogP contribution in [0.5, 0.6) is 0 Å². The first-order chi connectivity index (χ1) is 9.06. The third-order valence-corrected chi connectivity index (χ3v) is 2.73. The van der Waals surface area contributed by atoms with E-state index in [1.165, 1.54) is 10.9 Å². The molecular formula is C12H18N4O3. The number of aromatic nitrogens is 2. The Balaban J connectivity index is 2.40. The zero-order valence-electron chi connectivity index (χ0n) is 10.8. The summed E-state index contributed by atoms with van der Waals surface area (Å²) in [5.74, 6) is 2.57. The molecule has 0 amide bonds. The van der Waals surface area contributed by atoms with Gasteiger partial charge in [-0.15, -0.1) is 12.3 Å². The van der Waals surface area contributed by atoms with Gasteiger partial charge in [-0.2, -0.15) is 5.10 Å². The van der Waals surface area contributed by atoms with Gasteiger partial charge in [-0.3, -0.25) is 14.8 Å². The van der Waals surface area contributed by atoms with E-state index in [2.05, 4.69) is 16.3 Å². The summed E-state index contributed by atoms with van der Waals surface area (Å²) >= 11 is 0. The second-order valence-corrected chi connectivity index (χ2v) is 4.25. The number of nitrogens with zero attached hydrogens (tertiary/aromatic N) is 3. The highest BCUT2D eigenvalue weighted by molar-refractivity contribution is 5.20. The quantitative estimate of drug-likeness (QED) is 0.407. The first-order valence-corrected chi connectivity index (χ1v) is 6.08. The summed E-state index contributed by atoms with van der Waals surface area (Å²) in [5, 5.41) is 27.3. The van der Waals surface area contributed by atoms with Crippen LogP contribution < -0.4 is 5.32 Å². The van der Waals surface area contributed by atoms with Crippen LogP contribution in [0.15, 0.2) is 12.4 Å². The zero-order chi connectivity index (χ0) is 14.3. The van der Waals surface area contributed by atoms with E-state index in [1.54, 1.807) is 0 Å². The average Bonchev–Trinajstić information content (AvgIpc) is 2.83. The Labute approximate surface area is 111 Å². The monoisotopic (exact) mass is 266 g/mol. The first-order valence-electron chi connectivity index (χ1n) is 6.08. The van der Waals surface area contributed by atoms with Gasteiger partial charge < -0.3 is 10.4 Å². The number of rotatable bonds is 8. The van der Waals surface area contributed by atoms with Crippen LogP contribution >= 0.6 is 0 Å². The summed E-state index contributed by atoms with van der Waals surface area (Å²) < 4.78 is 1.35. The van der Waals surface area contributed by atoms with E-state index in [1.807, 2.05) is 6.92 Å². The third kappa shape index (κ3) is 5.07. The maximum atomic E-state index is 10.5. The van der Waals surface area contributed by atoms with Crippen molar-refractivity contribution in [3.63, 3.8) is 0 Å². The lowest BCUT2D eigenvalue weighted by molar-refractivity contribution is -0.385. The summed E-state index contributed by atoms with van der Waals surface area (Å²) in [6.45, 7) is 2.58. The van der Waals surface area contributed by atoms with Crippen molar-refractivity contribution in [2.75, 3.05) is 6.54 Å². The van der Waals surface area contributed by atoms with Crippen LogP contribution in [0.2, 0.25) is 0 Å². The largest absolute Gasteiger partial charge is 0.390 e. The molecule has 0 aliphatic heterocycles. The molecule has 7 nitrogen and oxygen atoms in total. The molecule has 2 unspecified atom stereocenters. The van der Waals surface area contributed by atoms with E-state index in [-0.39, 0.29) is 18.3 Å². The smallest absolute Gasteiger partial charge is 0.306 e. The molecule has 0 radical (unpaired) electrons. The molecule has 1 aromatic heterocycles. The lowest BCUT2D eigenvalue weighted by Crippen LogP contribution is -2.37. The van der Waals surface area contributed by atoms with Crippen LogP contribution in [0.4, 0.5) is 5.69 Å². The van der Waals surface area contributed by atoms with Crippen LogP contribution in [0, 0.1) is 22.5 Å². The fourth-order valence-corrected chi connectivity index (χ4v) is 1.63. The third-order valence-electron chi connectivity index (χ3n) is 2.73. The Morgan fingerprint density at radius 2 is 2.47 bits per heavy atom. The molecule has 0 spiro atoms. The van der Waals surface area contributed by atoms with Crippen molar-refractivity contribution in [1.29, 1.82) is 0 Å². The fourth-order valence-electron chi connectivity index (χ4n) is 1.63. The van der Waals surface area contributed by atoms with Gasteiger partial charge in [0.2, 0.25) is 0 Å². The fraction of sp³-hybridized carbons (Fsp3) is 0.583. The lowest BCUT2D eigenvalue weighted by Gasteiger charge is -2.17. The van der Waals surface area contributed by atoms with Gasteiger partial charge in [0.1, 0.15) is 12.4 Å². The van der Waals surface area contributed by atoms with Gasteiger partial charge >= 0.3 is 5.69 Å². The summed E-state index contributed by atoms with van der Waals surface area (Å²) in [4.78, 5) is 9.96. The molecular weight excluding hydrogens is 248 g/mol. The molecule has 1 rings (SSSR count). The van der Waals surface area contributed by atoms with E-state index < -0.39 is 11.0 Å². The highest BCUT2D eigenvalue weighted by atomic mass is 16.6. The zero-order valence-corrected chi connectivity index (χ0v) is 10.8. The molecule has 0 saturated heterocycles. The Morgan fingerprint density at radius 1 is 1.74 bits per heavy atom. The van der Waals surface area contributed by atoms with E-state index in [0.717, 1.165) is 12.6 Å². The minimum atomic E-state index is -0.675. The molecule has 1 aromatic rings. The SMILES string of the molecule is C#CCC(CC)NCC(O)Cn1cc([N+](=O)[O-])cn1. The number of nitrogens with one attached hydrogen (secondary N) is 1. The molecule has 7 heteroatoms. The molecule has 1 heterocycles. The van der Waals surface area contributed by atoms with Crippen molar-refractivity contribution in [3.05, 3.63) is 22.5 Å². The molecule has 2 atom stereocenters. The number of terminal acetylenes is 1. The number of hydrogen-bond donors (Lipinski definition) is 2. The predicted octanol–water partition coefficient (Wildman–Crippen LogP) is 0.544. The van der Waals surface area contributed by atoms with E-state index in [0.29, 0.717) is 13.0 Å². The van der Waals surface area contributed by atoms with Crippen LogP contribution in [-0.2, 0) is 6.54 Å². The minimum absolute atomic E-state index is 0.0843. The van der Waals surface area contributed by atoms with Gasteiger partial charge in [0.15, 0.2) is 0 Å². The highest BCUT2D eigenvalue weighted by Gasteiger charge is 2.13. The van der Waals surface area contributed by atoms with Crippen molar-refractivity contribution in [3.8, 4) is 12.3 Å². The lowest BCUT2D eigenvalue weighted by atomic mass is 10.1. The predicted molar refractivity (Wildman–Crippen MR) is 70.4 cm³/mol. The summed E-state index contributed by atoms with van der Waals surface area (Å²) in [7, 11) is 0. The van der Waals surface area contributed by atoms with Crippen molar-refractivity contribution in [2.24, 2.45) is 0 Å². The van der Waals surface area contributed by atoms with Gasteiger partial charge in [-0.1, -0.05) is 6.92 Å². The standard InChI is InChI=1S/C12H18N4O3/c1-3-5-10(4-2)13-7-12(17)9-15-8-11(6-14-15)16(18)19/h1,6,8,10,12-13,17H,4-5,7,9H2,2H3. The van der Waals surface area contributed by atoms with Gasteiger partial charge in [0.05, 0.1) is 17.6 Å². The van der Waals surface area contributed by atoms with Gasteiger partial charge in [-0.05, 0) is 6.42 Å². The average molecular weight is 266 g/mol. The molecule has 0 fully saturated rings. The number of nitro groups is 1. The van der Waals surface area contributed by atoms with Gasteiger partial charge in [-0.25, -0.2) is 0 Å². The van der Waals surface area contributed by atoms with Crippen molar-refractivity contribution in [1.82, 2.24) is 15.1 Å². The molecule has 0 aliphatic carbocycles. The maximum Gasteiger partial charge on any atom is 0.306 e. The molecule has 2 N–H and O–H groups in total. The Kier molecular flexibility index (Phi) is 5.99. The molecule has 0 aromatic carbocycles. The number of hydrogen-bond acceptors (Lipinski definition) is 5. The highest BCUT2D eigenvalue weighted by Crippen LogP contribution is 2.08. The number of aliphatic hydroxyl groups excluding tert-OH is 1. The van der Waals surface area contributed by atoms with Crippen molar-refractivity contribution >= 4 is 5.69 Å². The normalized spacial score (nSPS) is 13.7. The Hall–Kier alpha value is -1.91. The Morgan fingerprint density at radius 3 is 3.00 bits per heavy atom. The van der Waals surface area contributed by atoms with Gasteiger partial charge in [0, 0.05) is 19.0 Å². The van der Waals surface area contributed by atoms with Crippen LogP contribution in [-0.4, -0.2) is 38.5 Å². The summed E-state index contributed by atoms with van der Waals surface area (Å²) in [6, 6.07) is 0.173. The van der Waals surface area contributed by atoms with Crippen molar-refractivity contribution < 1.29 is 10.0 Å². The topological polar surface area (TPSA) is 93.2 Å². The second-order valence-electron chi connectivity index (χ2n) is 4.25. The minimum Gasteiger partial charge on any atom is -0.390 e. The van der Waals surface area contributed by atoms with E-state index >= 15 is 0 Å². The Bertz CT molecular complexity index is 452. The van der Waals surface area contributed by atoms with Crippen LogP contribution in [0.1, 0.15) is 19.8 Å².